The van der Waals surface area contributed by atoms with Crippen LogP contribution in [0.15, 0.2) is 68.0 Å². The number of hydrogen-bond acceptors (Lipinski definition) is 1. The van der Waals surface area contributed by atoms with Crippen molar-refractivity contribution in [1.82, 2.24) is 0 Å². The van der Waals surface area contributed by atoms with Gasteiger partial charge in [0.25, 0.3) is 0 Å². The van der Waals surface area contributed by atoms with Gasteiger partial charge in [-0.3, -0.25) is 0 Å². The number of unbranched alkanes of at least 4 members (excludes halogenated alkanes) is 1. The molecule has 2 aromatic rings. The molecule has 0 aromatic heterocycles. The molecule has 0 fully saturated rings. The van der Waals surface area contributed by atoms with Crippen molar-refractivity contribution in [3.8, 4) is 0 Å². The minimum absolute atomic E-state index is 0.611. The third-order valence-corrected chi connectivity index (χ3v) is 9.89. The Bertz CT molecular complexity index is 690. The van der Waals surface area contributed by atoms with E-state index < -0.39 is 31.7 Å². The number of benzene rings is 2. The molecule has 0 spiro atoms. The zero-order valence-corrected chi connectivity index (χ0v) is 17.9. The summed E-state index contributed by atoms with van der Waals surface area (Å²) in [6, 6.07) is 18.8. The van der Waals surface area contributed by atoms with Gasteiger partial charge in [-0.1, -0.05) is 0 Å². The van der Waals surface area contributed by atoms with Crippen molar-refractivity contribution in [1.29, 1.82) is 0 Å². The molecular formula is C21H26OSTe. The first-order valence-electron chi connectivity index (χ1n) is 8.59. The fraction of sp³-hybridized carbons (Fsp3) is 0.333. The van der Waals surface area contributed by atoms with Crippen molar-refractivity contribution in [2.75, 3.05) is 0 Å². The maximum atomic E-state index is 13.3. The van der Waals surface area contributed by atoms with Crippen molar-refractivity contribution >= 4 is 35.3 Å². The molecule has 2 rings (SSSR count). The summed E-state index contributed by atoms with van der Waals surface area (Å²) in [5.74, 6) is 0. The molecule has 0 amide bonds. The number of aryl methyl sites for hydroxylation is 1. The molecule has 0 bridgehead atoms. The average Bonchev–Trinajstić information content (AvgIpc) is 2.62. The van der Waals surface area contributed by atoms with Crippen molar-refractivity contribution in [3.63, 3.8) is 0 Å². The van der Waals surface area contributed by atoms with E-state index in [4.69, 9.17) is 0 Å². The van der Waals surface area contributed by atoms with Crippen LogP contribution >= 0.6 is 0 Å². The van der Waals surface area contributed by atoms with Crippen molar-refractivity contribution in [3.05, 3.63) is 68.7 Å². The summed E-state index contributed by atoms with van der Waals surface area (Å²) >= 11 is -0.611. The monoisotopic (exact) mass is 456 g/mol. The second-order valence-corrected chi connectivity index (χ2v) is 11.2. The third-order valence-electron chi connectivity index (χ3n) is 3.90. The topological polar surface area (TPSA) is 17.1 Å². The van der Waals surface area contributed by atoms with Crippen LogP contribution in [0.25, 0.3) is 0 Å². The summed E-state index contributed by atoms with van der Waals surface area (Å²) in [4.78, 5) is 0.944. The Labute approximate surface area is 159 Å². The molecule has 0 aliphatic rings. The van der Waals surface area contributed by atoms with Gasteiger partial charge in [0.1, 0.15) is 0 Å². The normalized spacial score (nSPS) is 13.5. The SMILES string of the molecule is CCCC/C(CC)=C(/[Te]c1ccccc1)S(=O)c1ccc(C)cc1. The summed E-state index contributed by atoms with van der Waals surface area (Å²) in [5.41, 5.74) is 2.63. The van der Waals surface area contributed by atoms with Crippen LogP contribution in [-0.2, 0) is 10.8 Å². The van der Waals surface area contributed by atoms with Gasteiger partial charge < -0.3 is 0 Å². The molecule has 3 heteroatoms. The zero-order chi connectivity index (χ0) is 17.4. The van der Waals surface area contributed by atoms with Crippen LogP contribution in [0.5, 0.6) is 0 Å². The van der Waals surface area contributed by atoms with Crippen LogP contribution in [0.4, 0.5) is 0 Å². The van der Waals surface area contributed by atoms with Gasteiger partial charge >= 0.3 is 160 Å². The van der Waals surface area contributed by atoms with Crippen LogP contribution in [0.1, 0.15) is 45.1 Å². The van der Waals surface area contributed by atoms with Gasteiger partial charge in [-0.2, -0.15) is 0 Å². The molecule has 2 aromatic carbocycles. The first kappa shape index (κ1) is 19.4. The molecule has 0 radical (unpaired) electrons. The van der Waals surface area contributed by atoms with Crippen LogP contribution in [-0.4, -0.2) is 25.1 Å². The van der Waals surface area contributed by atoms with Crippen LogP contribution in [0.3, 0.4) is 0 Å². The second-order valence-electron chi connectivity index (χ2n) is 5.85. The summed E-state index contributed by atoms with van der Waals surface area (Å²) in [6.07, 6.45) is 4.45. The molecule has 0 saturated heterocycles. The minimum atomic E-state index is -1.03. The van der Waals surface area contributed by atoms with E-state index in [1.165, 1.54) is 30.5 Å². The molecule has 0 N–H and O–H groups in total. The Hall–Kier alpha value is -0.880. The van der Waals surface area contributed by atoms with E-state index in [0.29, 0.717) is 0 Å². The predicted molar refractivity (Wildman–Crippen MR) is 106 cm³/mol. The van der Waals surface area contributed by atoms with E-state index in [2.05, 4.69) is 63.2 Å². The molecule has 1 nitrogen and oxygen atoms in total. The standard InChI is InChI=1S/C21H26OSTe/c1-4-6-10-18(5-2)21(24-20-11-8-7-9-12-20)23(22)19-15-13-17(3)14-16-19/h7-9,11-16H,4-6,10H2,1-3H3/b21-18+. The van der Waals surface area contributed by atoms with E-state index in [9.17, 15) is 4.21 Å². The summed E-state index contributed by atoms with van der Waals surface area (Å²) in [7, 11) is -1.03. The fourth-order valence-electron chi connectivity index (χ4n) is 2.42. The van der Waals surface area contributed by atoms with Crippen LogP contribution < -0.4 is 3.61 Å². The Balaban J connectivity index is 2.38. The number of rotatable bonds is 8. The first-order chi connectivity index (χ1) is 11.7. The van der Waals surface area contributed by atoms with Gasteiger partial charge in [-0.05, 0) is 0 Å². The molecule has 128 valence electrons. The number of hydrogen-bond donors (Lipinski definition) is 0. The molecular weight excluding hydrogens is 428 g/mol. The zero-order valence-electron chi connectivity index (χ0n) is 14.7. The Morgan fingerprint density at radius 1 is 1.00 bits per heavy atom. The predicted octanol–water partition coefficient (Wildman–Crippen LogP) is 4.94. The quantitative estimate of drug-likeness (QED) is 0.517. The van der Waals surface area contributed by atoms with Gasteiger partial charge in [0.05, 0.1) is 0 Å². The summed E-state index contributed by atoms with van der Waals surface area (Å²) < 4.78 is 15.9. The Kier molecular flexibility index (Phi) is 8.25. The Morgan fingerprint density at radius 3 is 2.25 bits per heavy atom. The van der Waals surface area contributed by atoms with E-state index in [0.717, 1.165) is 17.7 Å². The first-order valence-corrected chi connectivity index (χ1v) is 12.1. The van der Waals surface area contributed by atoms with Crippen molar-refractivity contribution < 1.29 is 4.21 Å². The molecule has 0 saturated carbocycles. The van der Waals surface area contributed by atoms with Crippen LogP contribution in [0.2, 0.25) is 0 Å². The summed E-state index contributed by atoms with van der Waals surface area (Å²) in [6.45, 7) is 6.49. The molecule has 0 heterocycles. The van der Waals surface area contributed by atoms with Gasteiger partial charge in [0, 0.05) is 0 Å². The molecule has 0 aliphatic heterocycles. The third kappa shape index (κ3) is 5.59. The number of allylic oxidation sites excluding steroid dienone is 1. The molecule has 1 atom stereocenters. The van der Waals surface area contributed by atoms with E-state index in [1.54, 1.807) is 0 Å². The maximum absolute atomic E-state index is 13.3. The van der Waals surface area contributed by atoms with Gasteiger partial charge in [-0.15, -0.1) is 0 Å². The molecule has 0 aliphatic carbocycles. The van der Waals surface area contributed by atoms with Gasteiger partial charge in [-0.25, -0.2) is 0 Å². The van der Waals surface area contributed by atoms with E-state index in [1.807, 2.05) is 12.1 Å². The summed E-state index contributed by atoms with van der Waals surface area (Å²) in [5, 5.41) is 0. The van der Waals surface area contributed by atoms with E-state index in [-0.39, 0.29) is 0 Å². The van der Waals surface area contributed by atoms with Crippen molar-refractivity contribution in [2.45, 2.75) is 51.3 Å². The second kappa shape index (κ2) is 10.2. The molecule has 24 heavy (non-hydrogen) atoms. The van der Waals surface area contributed by atoms with Crippen LogP contribution in [0, 0.1) is 6.92 Å². The van der Waals surface area contributed by atoms with Gasteiger partial charge in [0.2, 0.25) is 0 Å². The average molecular weight is 454 g/mol. The Morgan fingerprint density at radius 2 is 1.67 bits per heavy atom. The molecule has 1 unspecified atom stereocenters. The van der Waals surface area contributed by atoms with Crippen molar-refractivity contribution in [2.24, 2.45) is 0 Å². The van der Waals surface area contributed by atoms with Gasteiger partial charge in [0.15, 0.2) is 0 Å². The van der Waals surface area contributed by atoms with E-state index >= 15 is 0 Å². The fourth-order valence-corrected chi connectivity index (χ4v) is 8.28.